The fourth-order valence-corrected chi connectivity index (χ4v) is 2.82. The molecule has 1 aromatic carbocycles. The van der Waals surface area contributed by atoms with Crippen LogP contribution in [0.15, 0.2) is 24.3 Å². The third-order valence-corrected chi connectivity index (χ3v) is 5.21. The maximum Gasteiger partial charge on any atom is 0.460 e. The van der Waals surface area contributed by atoms with Crippen LogP contribution in [0.1, 0.15) is 38.2 Å². The average Bonchev–Trinajstić information content (AvgIpc) is 2.77. The summed E-state index contributed by atoms with van der Waals surface area (Å²) in [5, 5.41) is 0. The Morgan fingerprint density at radius 2 is 0.895 bits per heavy atom. The maximum atomic E-state index is 14.2. The van der Waals surface area contributed by atoms with Gasteiger partial charge in [0, 0.05) is 5.56 Å². The first kappa shape index (κ1) is 33.9. The molecule has 0 saturated carbocycles. The van der Waals surface area contributed by atoms with Gasteiger partial charge in [-0.3, -0.25) is 0 Å². The predicted octanol–water partition coefficient (Wildman–Crippen LogP) is 9.11. The zero-order valence-electron chi connectivity index (χ0n) is 18.7. The zero-order chi connectivity index (χ0) is 30.2. The lowest BCUT2D eigenvalue weighted by Crippen LogP contribution is -2.74. The molecule has 0 saturated heterocycles. The third kappa shape index (κ3) is 5.19. The third-order valence-electron chi connectivity index (χ3n) is 5.21. The highest BCUT2D eigenvalue weighted by Crippen LogP contribution is 2.65. The van der Waals surface area contributed by atoms with Gasteiger partial charge in [-0.1, -0.05) is 26.2 Å². The molecular weight excluding hydrogens is 579 g/mol. The van der Waals surface area contributed by atoms with E-state index in [0.717, 1.165) is 12.8 Å². The van der Waals surface area contributed by atoms with E-state index < -0.39 is 53.2 Å². The molecule has 0 N–H and O–H groups in total. The van der Waals surface area contributed by atoms with Crippen molar-refractivity contribution in [2.75, 3.05) is 6.61 Å². The molecule has 18 heteroatoms. The minimum absolute atomic E-state index is 0.0396. The lowest BCUT2D eigenvalue weighted by molar-refractivity contribution is -0.462. The Kier molecular flexibility index (Phi) is 9.29. The highest BCUT2D eigenvalue weighted by atomic mass is 19.4. The second kappa shape index (κ2) is 10.4. The smallest absolute Gasteiger partial charge is 0.460 e. The summed E-state index contributed by atoms with van der Waals surface area (Å²) < 4.78 is 232. The molecule has 0 aliphatic heterocycles. The highest BCUT2D eigenvalue weighted by molar-refractivity contribution is 5.32. The van der Waals surface area contributed by atoms with Crippen molar-refractivity contribution in [3.63, 3.8) is 0 Å². The van der Waals surface area contributed by atoms with Gasteiger partial charge in [0.2, 0.25) is 0 Å². The molecule has 1 rings (SSSR count). The van der Waals surface area contributed by atoms with Crippen molar-refractivity contribution in [3.8, 4) is 5.75 Å². The van der Waals surface area contributed by atoms with E-state index in [-0.39, 0.29) is 24.5 Å². The number of unbranched alkanes of at least 4 members (excludes halogenated alkanes) is 3. The van der Waals surface area contributed by atoms with Crippen molar-refractivity contribution >= 4 is 0 Å². The van der Waals surface area contributed by atoms with E-state index in [1.807, 2.05) is 6.92 Å². The maximum absolute atomic E-state index is 14.2. The Morgan fingerprint density at radius 1 is 0.500 bits per heavy atom. The number of halogens is 17. The summed E-state index contributed by atoms with van der Waals surface area (Å²) >= 11 is 0. The summed E-state index contributed by atoms with van der Waals surface area (Å²) in [6, 6.07) is 0.687. The first-order chi connectivity index (χ1) is 16.8. The zero-order valence-corrected chi connectivity index (χ0v) is 18.7. The molecule has 1 aromatic rings. The first-order valence-corrected chi connectivity index (χ1v) is 10.2. The van der Waals surface area contributed by atoms with Crippen LogP contribution in [0.2, 0.25) is 0 Å². The Morgan fingerprint density at radius 3 is 1.29 bits per heavy atom. The summed E-state index contributed by atoms with van der Waals surface area (Å²) in [5.74, 6) is -56.9. The molecule has 1 nitrogen and oxygen atoms in total. The van der Waals surface area contributed by atoms with Crippen LogP contribution < -0.4 is 4.74 Å². The summed E-state index contributed by atoms with van der Waals surface area (Å²) in [4.78, 5) is 0. The van der Waals surface area contributed by atoms with Crippen molar-refractivity contribution in [1.29, 1.82) is 0 Å². The van der Waals surface area contributed by atoms with Gasteiger partial charge in [0.1, 0.15) is 5.75 Å². The van der Waals surface area contributed by atoms with E-state index in [0.29, 0.717) is 25.0 Å². The SMILES string of the molecule is CCCCCCOc1ccc(C(F)(F)C(F)(F)C(F)(F)C(F)(F)C(F)(F)C(F)(F)C(F)(F)C(F)(F)F)cc1. The van der Waals surface area contributed by atoms with Gasteiger partial charge in [-0.05, 0) is 30.7 Å². The summed E-state index contributed by atoms with van der Waals surface area (Å²) in [7, 11) is 0. The van der Waals surface area contributed by atoms with E-state index in [9.17, 15) is 74.6 Å². The molecule has 0 atom stereocenters. The molecule has 0 amide bonds. The molecule has 0 aromatic heterocycles. The monoisotopic (exact) mass is 596 g/mol. The van der Waals surface area contributed by atoms with Crippen LogP contribution in [0.25, 0.3) is 0 Å². The Hall–Kier alpha value is -2.17. The largest absolute Gasteiger partial charge is 0.494 e. The Balaban J connectivity index is 3.41. The van der Waals surface area contributed by atoms with Crippen molar-refractivity contribution < 1.29 is 79.4 Å². The van der Waals surface area contributed by atoms with Crippen LogP contribution >= 0.6 is 0 Å². The van der Waals surface area contributed by atoms with E-state index in [2.05, 4.69) is 0 Å². The first-order valence-electron chi connectivity index (χ1n) is 10.2. The van der Waals surface area contributed by atoms with Crippen molar-refractivity contribution in [1.82, 2.24) is 0 Å². The Bertz CT molecular complexity index is 918. The molecule has 0 aliphatic rings. The number of rotatable bonds is 13. The van der Waals surface area contributed by atoms with Crippen LogP contribution in [0.5, 0.6) is 5.75 Å². The quantitative estimate of drug-likeness (QED) is 0.163. The van der Waals surface area contributed by atoms with Crippen LogP contribution in [0.3, 0.4) is 0 Å². The lowest BCUT2D eigenvalue weighted by Gasteiger charge is -2.42. The van der Waals surface area contributed by atoms with Crippen LogP contribution in [0.4, 0.5) is 74.6 Å². The Labute approximate surface area is 202 Å². The summed E-state index contributed by atoms with van der Waals surface area (Å²) in [5.41, 5.74) is -2.27. The van der Waals surface area contributed by atoms with E-state index in [1.165, 1.54) is 0 Å². The molecule has 0 spiro atoms. The molecule has 0 radical (unpaired) electrons. The minimum atomic E-state index is -8.64. The second-order valence-electron chi connectivity index (χ2n) is 7.95. The van der Waals surface area contributed by atoms with Crippen molar-refractivity contribution in [3.05, 3.63) is 29.8 Å². The van der Waals surface area contributed by atoms with E-state index in [1.54, 1.807) is 0 Å². The van der Waals surface area contributed by atoms with Gasteiger partial charge in [-0.2, -0.15) is 74.6 Å². The fourth-order valence-electron chi connectivity index (χ4n) is 2.82. The second-order valence-corrected chi connectivity index (χ2v) is 7.95. The van der Waals surface area contributed by atoms with Crippen LogP contribution in [-0.2, 0) is 5.92 Å². The molecular formula is C20H17F17O. The average molecular weight is 596 g/mol. The highest BCUT2D eigenvalue weighted by Gasteiger charge is 2.95. The normalized spacial score (nSPS) is 15.1. The van der Waals surface area contributed by atoms with Gasteiger partial charge in [0.05, 0.1) is 6.61 Å². The van der Waals surface area contributed by atoms with Gasteiger partial charge >= 0.3 is 47.6 Å². The molecule has 38 heavy (non-hydrogen) atoms. The molecule has 0 bridgehead atoms. The van der Waals surface area contributed by atoms with E-state index >= 15 is 0 Å². The standard InChI is InChI=1S/C20H17F17O/c1-2-3-4-5-10-38-12-8-6-11(7-9-12)13(21,22)14(23,24)15(25,26)16(27,28)17(29,30)18(31,32)19(33,34)20(35,36)37/h6-9H,2-5,10H2,1H3. The lowest BCUT2D eigenvalue weighted by atomic mass is 9.87. The molecule has 0 heterocycles. The van der Waals surface area contributed by atoms with Crippen LogP contribution in [0, 0.1) is 0 Å². The summed E-state index contributed by atoms with van der Waals surface area (Å²) in [6.07, 6.45) is -5.10. The number of hydrogen-bond acceptors (Lipinski definition) is 1. The van der Waals surface area contributed by atoms with Gasteiger partial charge in [-0.15, -0.1) is 0 Å². The fraction of sp³-hybridized carbons (Fsp3) is 0.700. The molecule has 0 fully saturated rings. The number of hydrogen-bond donors (Lipinski definition) is 0. The topological polar surface area (TPSA) is 9.23 Å². The number of benzene rings is 1. The molecule has 0 aliphatic carbocycles. The summed E-state index contributed by atoms with van der Waals surface area (Å²) in [6.45, 7) is 1.82. The predicted molar refractivity (Wildman–Crippen MR) is 95.7 cm³/mol. The number of alkyl halides is 17. The minimum Gasteiger partial charge on any atom is -0.494 e. The molecule has 0 unspecified atom stereocenters. The van der Waals surface area contributed by atoms with Gasteiger partial charge in [0.15, 0.2) is 0 Å². The number of ether oxygens (including phenoxy) is 1. The molecule has 222 valence electrons. The van der Waals surface area contributed by atoms with Crippen LogP contribution in [-0.4, -0.2) is 48.3 Å². The van der Waals surface area contributed by atoms with E-state index in [4.69, 9.17) is 4.74 Å². The van der Waals surface area contributed by atoms with Gasteiger partial charge in [-0.25, -0.2) is 0 Å². The van der Waals surface area contributed by atoms with Crippen molar-refractivity contribution in [2.45, 2.75) is 80.2 Å². The van der Waals surface area contributed by atoms with Gasteiger partial charge < -0.3 is 4.74 Å². The van der Waals surface area contributed by atoms with Crippen molar-refractivity contribution in [2.24, 2.45) is 0 Å². The van der Waals surface area contributed by atoms with Gasteiger partial charge in [0.25, 0.3) is 0 Å².